The first-order valence-electron chi connectivity index (χ1n) is 5.32. The molecule has 12 heavy (non-hydrogen) atoms. The van der Waals surface area contributed by atoms with E-state index < -0.39 is 0 Å². The maximum atomic E-state index is 3.74. The van der Waals surface area contributed by atoms with E-state index in [9.17, 15) is 0 Å². The highest BCUT2D eigenvalue weighted by Crippen LogP contribution is 2.24. The highest BCUT2D eigenvalue weighted by atomic mass is 15.0. The first kappa shape index (κ1) is 8.52. The highest BCUT2D eigenvalue weighted by molar-refractivity contribution is 4.90. The second-order valence-corrected chi connectivity index (χ2v) is 4.30. The second-order valence-electron chi connectivity index (χ2n) is 4.30. The summed E-state index contributed by atoms with van der Waals surface area (Å²) in [6.07, 6.45) is 8.35. The van der Waals surface area contributed by atoms with Crippen LogP contribution in [0.1, 0.15) is 38.5 Å². The fourth-order valence-corrected chi connectivity index (χ4v) is 2.67. The smallest absolute Gasteiger partial charge is 0.00936 e. The molecule has 2 atom stereocenters. The summed E-state index contributed by atoms with van der Waals surface area (Å²) in [6.45, 7) is 0. The van der Waals surface area contributed by atoms with Crippen LogP contribution < -0.4 is 10.6 Å². The third kappa shape index (κ3) is 1.80. The molecule has 2 saturated heterocycles. The number of rotatable bonds is 1. The molecule has 0 spiro atoms. The van der Waals surface area contributed by atoms with Crippen molar-refractivity contribution in [3.63, 3.8) is 0 Å². The van der Waals surface area contributed by atoms with Gasteiger partial charge in [0.1, 0.15) is 0 Å². The molecule has 70 valence electrons. The van der Waals surface area contributed by atoms with Crippen molar-refractivity contribution in [1.82, 2.24) is 10.6 Å². The van der Waals surface area contributed by atoms with Gasteiger partial charge in [-0.05, 0) is 32.7 Å². The third-order valence-corrected chi connectivity index (χ3v) is 3.37. The average Bonchev–Trinajstić information content (AvgIpc) is 2.27. The molecule has 0 aromatic carbocycles. The second kappa shape index (κ2) is 3.75. The minimum atomic E-state index is 0.777. The Bertz CT molecular complexity index is 133. The van der Waals surface area contributed by atoms with E-state index >= 15 is 0 Å². The van der Waals surface area contributed by atoms with Gasteiger partial charge in [-0.2, -0.15) is 0 Å². The van der Waals surface area contributed by atoms with Gasteiger partial charge in [0, 0.05) is 18.1 Å². The van der Waals surface area contributed by atoms with E-state index in [1.54, 1.807) is 0 Å². The van der Waals surface area contributed by atoms with Crippen LogP contribution in [0.3, 0.4) is 0 Å². The zero-order valence-electron chi connectivity index (χ0n) is 7.97. The van der Waals surface area contributed by atoms with Crippen molar-refractivity contribution in [3.05, 3.63) is 0 Å². The fraction of sp³-hybridized carbons (Fsp3) is 1.00. The van der Waals surface area contributed by atoms with Crippen molar-refractivity contribution in [1.29, 1.82) is 0 Å². The van der Waals surface area contributed by atoms with Crippen LogP contribution in [0, 0.1) is 0 Å². The van der Waals surface area contributed by atoms with E-state index in [2.05, 4.69) is 17.7 Å². The monoisotopic (exact) mass is 168 g/mol. The van der Waals surface area contributed by atoms with Crippen molar-refractivity contribution in [2.45, 2.75) is 56.7 Å². The Hall–Kier alpha value is -0.0800. The van der Waals surface area contributed by atoms with E-state index in [4.69, 9.17) is 0 Å². The standard InChI is InChI=1S/C10H20N2/c1-11-10-6-8-4-2-3-5-9(7-10)12-8/h8-12H,2-7H2,1H3. The fourth-order valence-electron chi connectivity index (χ4n) is 2.67. The maximum Gasteiger partial charge on any atom is 0.00936 e. The lowest BCUT2D eigenvalue weighted by Crippen LogP contribution is -2.49. The summed E-state index contributed by atoms with van der Waals surface area (Å²) >= 11 is 0. The number of nitrogens with one attached hydrogen (secondary N) is 2. The molecule has 2 rings (SSSR count). The predicted octanol–water partition coefficient (Wildman–Crippen LogP) is 1.27. The van der Waals surface area contributed by atoms with Crippen LogP contribution in [-0.4, -0.2) is 25.2 Å². The summed E-state index contributed by atoms with van der Waals surface area (Å²) in [5, 5.41) is 7.16. The van der Waals surface area contributed by atoms with E-state index in [1.165, 1.54) is 38.5 Å². The van der Waals surface area contributed by atoms with Crippen LogP contribution in [0.25, 0.3) is 0 Å². The Kier molecular flexibility index (Phi) is 2.66. The molecule has 0 saturated carbocycles. The largest absolute Gasteiger partial charge is 0.317 e. The molecular weight excluding hydrogens is 148 g/mol. The van der Waals surface area contributed by atoms with Gasteiger partial charge >= 0.3 is 0 Å². The molecule has 2 unspecified atom stereocenters. The van der Waals surface area contributed by atoms with Crippen LogP contribution in [0.4, 0.5) is 0 Å². The van der Waals surface area contributed by atoms with Gasteiger partial charge in [0.05, 0.1) is 0 Å². The summed E-state index contributed by atoms with van der Waals surface area (Å²) in [6, 6.07) is 2.40. The lowest BCUT2D eigenvalue weighted by atomic mass is 9.93. The van der Waals surface area contributed by atoms with Gasteiger partial charge in [-0.25, -0.2) is 0 Å². The van der Waals surface area contributed by atoms with E-state index in [0.29, 0.717) is 0 Å². The summed E-state index contributed by atoms with van der Waals surface area (Å²) in [7, 11) is 2.10. The molecule has 2 aliphatic rings. The molecule has 0 aliphatic carbocycles. The molecule has 2 fully saturated rings. The molecule has 2 N–H and O–H groups in total. The molecule has 2 heterocycles. The lowest BCUT2D eigenvalue weighted by Gasteiger charge is -2.34. The predicted molar refractivity (Wildman–Crippen MR) is 51.3 cm³/mol. The van der Waals surface area contributed by atoms with Gasteiger partial charge in [0.2, 0.25) is 0 Å². The van der Waals surface area contributed by atoms with Crippen LogP contribution in [0.15, 0.2) is 0 Å². The van der Waals surface area contributed by atoms with Gasteiger partial charge in [0.15, 0.2) is 0 Å². The quantitative estimate of drug-likeness (QED) is 0.616. The Morgan fingerprint density at radius 1 is 1.08 bits per heavy atom. The molecular formula is C10H20N2. The van der Waals surface area contributed by atoms with Gasteiger partial charge in [-0.15, -0.1) is 0 Å². The lowest BCUT2D eigenvalue weighted by molar-refractivity contribution is 0.270. The average molecular weight is 168 g/mol. The topological polar surface area (TPSA) is 24.1 Å². The normalized spacial score (nSPS) is 42.2. The van der Waals surface area contributed by atoms with E-state index in [-0.39, 0.29) is 0 Å². The number of fused-ring (bicyclic) bond motifs is 2. The van der Waals surface area contributed by atoms with E-state index in [0.717, 1.165) is 18.1 Å². The van der Waals surface area contributed by atoms with Crippen molar-refractivity contribution >= 4 is 0 Å². The van der Waals surface area contributed by atoms with Gasteiger partial charge in [-0.3, -0.25) is 0 Å². The highest BCUT2D eigenvalue weighted by Gasteiger charge is 2.28. The summed E-state index contributed by atoms with van der Waals surface area (Å²) in [4.78, 5) is 0. The van der Waals surface area contributed by atoms with Crippen molar-refractivity contribution in [3.8, 4) is 0 Å². The first-order valence-corrected chi connectivity index (χ1v) is 5.32. The van der Waals surface area contributed by atoms with Gasteiger partial charge in [0.25, 0.3) is 0 Å². The number of hydrogen-bond donors (Lipinski definition) is 2. The Morgan fingerprint density at radius 3 is 2.17 bits per heavy atom. The number of hydrogen-bond acceptors (Lipinski definition) is 2. The van der Waals surface area contributed by atoms with Crippen LogP contribution in [-0.2, 0) is 0 Å². The Labute approximate surface area is 75.1 Å². The van der Waals surface area contributed by atoms with Crippen molar-refractivity contribution in [2.75, 3.05) is 7.05 Å². The zero-order valence-corrected chi connectivity index (χ0v) is 7.97. The molecule has 2 heteroatoms. The van der Waals surface area contributed by atoms with Crippen LogP contribution in [0.2, 0.25) is 0 Å². The summed E-state index contributed by atoms with van der Waals surface area (Å²) in [5.74, 6) is 0. The molecule has 0 radical (unpaired) electrons. The van der Waals surface area contributed by atoms with Crippen molar-refractivity contribution in [2.24, 2.45) is 0 Å². The zero-order chi connectivity index (χ0) is 8.39. The SMILES string of the molecule is CNC1CC2CCCCC(C1)N2. The minimum Gasteiger partial charge on any atom is -0.317 e. The Morgan fingerprint density at radius 2 is 1.67 bits per heavy atom. The molecule has 2 nitrogen and oxygen atoms in total. The Balaban J connectivity index is 1.96. The summed E-state index contributed by atoms with van der Waals surface area (Å²) in [5.41, 5.74) is 0. The third-order valence-electron chi connectivity index (χ3n) is 3.37. The van der Waals surface area contributed by atoms with Crippen LogP contribution >= 0.6 is 0 Å². The minimum absolute atomic E-state index is 0.777. The van der Waals surface area contributed by atoms with Crippen molar-refractivity contribution < 1.29 is 0 Å². The molecule has 0 aromatic rings. The van der Waals surface area contributed by atoms with E-state index in [1.807, 2.05) is 0 Å². The molecule has 0 amide bonds. The molecule has 2 bridgehead atoms. The van der Waals surface area contributed by atoms with Crippen LogP contribution in [0.5, 0.6) is 0 Å². The summed E-state index contributed by atoms with van der Waals surface area (Å²) < 4.78 is 0. The number of piperidine rings is 1. The molecule has 0 aromatic heterocycles. The maximum absolute atomic E-state index is 3.74. The molecule has 2 aliphatic heterocycles. The first-order chi connectivity index (χ1) is 5.88. The van der Waals surface area contributed by atoms with Gasteiger partial charge in [-0.1, -0.05) is 12.8 Å². The van der Waals surface area contributed by atoms with Gasteiger partial charge < -0.3 is 10.6 Å².